The zero-order chi connectivity index (χ0) is 22.7. The van der Waals surface area contributed by atoms with Crippen LogP contribution < -0.4 is 15.5 Å². The number of furan rings is 1. The number of hydrogen-bond acceptors (Lipinski definition) is 5. The Morgan fingerprint density at radius 3 is 2.59 bits per heavy atom. The SMILES string of the molecule is COc1ccccc1C(=O)N/N=C1\CCCc2oc(C(=O)Nc3ccccc3F)c(C)c21. The average Bonchev–Trinajstić information content (AvgIpc) is 3.16. The normalized spacial score (nSPS) is 14.0. The van der Waals surface area contributed by atoms with Gasteiger partial charge in [-0.2, -0.15) is 5.10 Å². The number of methoxy groups -OCH3 is 1. The predicted molar refractivity (Wildman–Crippen MR) is 118 cm³/mol. The van der Waals surface area contributed by atoms with Gasteiger partial charge in [0, 0.05) is 17.5 Å². The van der Waals surface area contributed by atoms with Crippen LogP contribution in [-0.2, 0) is 6.42 Å². The van der Waals surface area contributed by atoms with Gasteiger partial charge in [-0.1, -0.05) is 24.3 Å². The number of ether oxygens (including phenoxy) is 1. The summed E-state index contributed by atoms with van der Waals surface area (Å²) < 4.78 is 25.0. The minimum absolute atomic E-state index is 0.0734. The van der Waals surface area contributed by atoms with Gasteiger partial charge in [0.15, 0.2) is 5.76 Å². The van der Waals surface area contributed by atoms with Crippen molar-refractivity contribution in [1.82, 2.24) is 5.43 Å². The number of amides is 2. The third-order valence-electron chi connectivity index (χ3n) is 5.30. The molecule has 2 aromatic carbocycles. The van der Waals surface area contributed by atoms with Crippen molar-refractivity contribution in [2.24, 2.45) is 5.10 Å². The van der Waals surface area contributed by atoms with Gasteiger partial charge in [0.05, 0.1) is 24.1 Å². The fourth-order valence-corrected chi connectivity index (χ4v) is 3.75. The van der Waals surface area contributed by atoms with Crippen molar-refractivity contribution >= 4 is 23.2 Å². The number of hydrogen-bond donors (Lipinski definition) is 2. The highest BCUT2D eigenvalue weighted by Gasteiger charge is 2.28. The van der Waals surface area contributed by atoms with Crippen molar-refractivity contribution in [1.29, 1.82) is 0 Å². The maximum absolute atomic E-state index is 13.9. The van der Waals surface area contributed by atoms with Gasteiger partial charge in [0.1, 0.15) is 17.3 Å². The number of carbonyl (C=O) groups is 2. The van der Waals surface area contributed by atoms with E-state index in [9.17, 15) is 14.0 Å². The van der Waals surface area contributed by atoms with Crippen LogP contribution in [0.4, 0.5) is 10.1 Å². The van der Waals surface area contributed by atoms with Crippen molar-refractivity contribution < 1.29 is 23.1 Å². The molecule has 4 rings (SSSR count). The lowest BCUT2D eigenvalue weighted by molar-refractivity contribution is 0.0950. The summed E-state index contributed by atoms with van der Waals surface area (Å²) >= 11 is 0. The number of halogens is 1. The Hall–Kier alpha value is -3.94. The maximum Gasteiger partial charge on any atom is 0.291 e. The van der Waals surface area contributed by atoms with Crippen LogP contribution in [0.3, 0.4) is 0 Å². The van der Waals surface area contributed by atoms with Crippen LogP contribution in [0.25, 0.3) is 0 Å². The number of anilines is 1. The Morgan fingerprint density at radius 1 is 1.06 bits per heavy atom. The molecule has 0 fully saturated rings. The molecule has 0 spiro atoms. The summed E-state index contributed by atoms with van der Waals surface area (Å²) in [4.78, 5) is 25.3. The largest absolute Gasteiger partial charge is 0.496 e. The second kappa shape index (κ2) is 9.05. The highest BCUT2D eigenvalue weighted by atomic mass is 19.1. The standard InChI is InChI=1S/C24H22FN3O4/c1-14-21-18(27-28-23(29)15-8-3-6-12-19(15)31-2)11-7-13-20(21)32-22(14)24(30)26-17-10-5-4-9-16(17)25/h3-6,8-10,12H,7,11,13H2,1-2H3,(H,26,30)(H,28,29)/b27-18+. The Bertz CT molecular complexity index is 1220. The third-order valence-corrected chi connectivity index (χ3v) is 5.30. The predicted octanol–water partition coefficient (Wildman–Crippen LogP) is 4.46. The molecular formula is C24H22FN3O4. The van der Waals surface area contributed by atoms with Gasteiger partial charge in [0.2, 0.25) is 0 Å². The van der Waals surface area contributed by atoms with Crippen LogP contribution >= 0.6 is 0 Å². The Labute approximate surface area is 184 Å². The molecule has 0 unspecified atom stereocenters. The zero-order valence-electron chi connectivity index (χ0n) is 17.7. The van der Waals surface area contributed by atoms with Crippen molar-refractivity contribution in [3.63, 3.8) is 0 Å². The van der Waals surface area contributed by atoms with E-state index >= 15 is 0 Å². The number of benzene rings is 2. The molecule has 0 saturated carbocycles. The van der Waals surface area contributed by atoms with Crippen molar-refractivity contribution in [3.8, 4) is 5.75 Å². The van der Waals surface area contributed by atoms with E-state index < -0.39 is 17.6 Å². The molecule has 32 heavy (non-hydrogen) atoms. The summed E-state index contributed by atoms with van der Waals surface area (Å²) in [6.45, 7) is 1.75. The van der Waals surface area contributed by atoms with E-state index in [1.807, 2.05) is 0 Å². The minimum Gasteiger partial charge on any atom is -0.496 e. The van der Waals surface area contributed by atoms with Gasteiger partial charge in [0.25, 0.3) is 11.8 Å². The van der Waals surface area contributed by atoms with E-state index in [4.69, 9.17) is 9.15 Å². The number of hydrazone groups is 1. The number of rotatable bonds is 5. The molecule has 0 bridgehead atoms. The van der Waals surface area contributed by atoms with Gasteiger partial charge in [-0.15, -0.1) is 0 Å². The van der Waals surface area contributed by atoms with E-state index in [1.54, 1.807) is 43.3 Å². The van der Waals surface area contributed by atoms with Gasteiger partial charge in [-0.3, -0.25) is 9.59 Å². The fourth-order valence-electron chi connectivity index (χ4n) is 3.75. The summed E-state index contributed by atoms with van der Waals surface area (Å²) in [6, 6.07) is 12.8. The molecule has 8 heteroatoms. The second-order valence-corrected chi connectivity index (χ2v) is 7.34. The number of nitrogens with zero attached hydrogens (tertiary/aromatic N) is 1. The lowest BCUT2D eigenvalue weighted by atomic mass is 9.93. The zero-order valence-corrected chi connectivity index (χ0v) is 17.7. The summed E-state index contributed by atoms with van der Waals surface area (Å²) in [6.07, 6.45) is 2.02. The molecule has 2 N–H and O–H groups in total. The number of nitrogens with one attached hydrogen (secondary N) is 2. The van der Waals surface area contributed by atoms with Crippen molar-refractivity contribution in [2.75, 3.05) is 12.4 Å². The quantitative estimate of drug-likeness (QED) is 0.579. The van der Waals surface area contributed by atoms with Gasteiger partial charge >= 0.3 is 0 Å². The summed E-state index contributed by atoms with van der Waals surface area (Å²) in [7, 11) is 1.49. The number of carbonyl (C=O) groups excluding carboxylic acids is 2. The molecule has 0 atom stereocenters. The van der Waals surface area contributed by atoms with Gasteiger partial charge < -0.3 is 14.5 Å². The summed E-state index contributed by atoms with van der Waals surface area (Å²) in [5.41, 5.74) is 4.94. The van der Waals surface area contributed by atoms with Crippen LogP contribution in [0.15, 0.2) is 58.0 Å². The molecular weight excluding hydrogens is 413 g/mol. The molecule has 0 radical (unpaired) electrons. The number of fused-ring (bicyclic) bond motifs is 1. The van der Waals surface area contributed by atoms with Gasteiger partial charge in [-0.05, 0) is 44.0 Å². The van der Waals surface area contributed by atoms with E-state index in [0.717, 1.165) is 6.42 Å². The van der Waals surface area contributed by atoms with Crippen LogP contribution in [-0.4, -0.2) is 24.6 Å². The van der Waals surface area contributed by atoms with E-state index in [0.29, 0.717) is 46.8 Å². The smallest absolute Gasteiger partial charge is 0.291 e. The first-order valence-corrected chi connectivity index (χ1v) is 10.2. The van der Waals surface area contributed by atoms with Crippen LogP contribution in [0, 0.1) is 12.7 Å². The monoisotopic (exact) mass is 435 g/mol. The lowest BCUT2D eigenvalue weighted by Crippen LogP contribution is -2.22. The molecule has 0 aliphatic heterocycles. The highest BCUT2D eigenvalue weighted by molar-refractivity contribution is 6.09. The summed E-state index contributed by atoms with van der Waals surface area (Å²) in [5.74, 6) is -0.306. The topological polar surface area (TPSA) is 92.9 Å². The Morgan fingerprint density at radius 2 is 1.81 bits per heavy atom. The van der Waals surface area contributed by atoms with Crippen LogP contribution in [0.2, 0.25) is 0 Å². The van der Waals surface area contributed by atoms with Crippen LogP contribution in [0.1, 0.15) is 50.6 Å². The highest BCUT2D eigenvalue weighted by Crippen LogP contribution is 2.30. The number of aryl methyl sites for hydroxylation is 1. The third kappa shape index (κ3) is 4.12. The van der Waals surface area contributed by atoms with Crippen molar-refractivity contribution in [2.45, 2.75) is 26.2 Å². The lowest BCUT2D eigenvalue weighted by Gasteiger charge is -2.14. The fraction of sp³-hybridized carbons (Fsp3) is 0.208. The second-order valence-electron chi connectivity index (χ2n) is 7.34. The molecule has 2 amide bonds. The average molecular weight is 435 g/mol. The first-order valence-electron chi connectivity index (χ1n) is 10.2. The first-order chi connectivity index (χ1) is 15.5. The van der Waals surface area contributed by atoms with E-state index in [-0.39, 0.29) is 11.4 Å². The molecule has 7 nitrogen and oxygen atoms in total. The summed E-state index contributed by atoms with van der Waals surface area (Å²) in [5, 5.41) is 6.86. The molecule has 1 aliphatic rings. The Kier molecular flexibility index (Phi) is 6.02. The molecule has 1 aromatic heterocycles. The van der Waals surface area contributed by atoms with E-state index in [2.05, 4.69) is 15.8 Å². The Balaban J connectivity index is 1.58. The molecule has 3 aromatic rings. The first kappa shape index (κ1) is 21.3. The number of para-hydroxylation sites is 2. The van der Waals surface area contributed by atoms with Gasteiger partial charge in [-0.25, -0.2) is 9.82 Å². The molecule has 0 saturated heterocycles. The van der Waals surface area contributed by atoms with Crippen molar-refractivity contribution in [3.05, 3.63) is 82.6 Å². The minimum atomic E-state index is -0.542. The maximum atomic E-state index is 13.9. The van der Waals surface area contributed by atoms with E-state index in [1.165, 1.54) is 19.2 Å². The molecule has 1 aliphatic carbocycles. The molecule has 1 heterocycles. The van der Waals surface area contributed by atoms with Crippen LogP contribution in [0.5, 0.6) is 5.75 Å². The molecule has 164 valence electrons.